The van der Waals surface area contributed by atoms with Gasteiger partial charge in [-0.1, -0.05) is 26.0 Å². The molecule has 2 aromatic carbocycles. The monoisotopic (exact) mass is 335 g/mol. The van der Waals surface area contributed by atoms with Crippen LogP contribution in [0.1, 0.15) is 25.3 Å². The summed E-state index contributed by atoms with van der Waals surface area (Å²) in [5, 5.41) is 14.9. The van der Waals surface area contributed by atoms with Gasteiger partial charge < -0.3 is 15.4 Å². The van der Waals surface area contributed by atoms with Gasteiger partial charge in [0.1, 0.15) is 17.4 Å². The highest BCUT2D eigenvalue weighted by Gasteiger charge is 2.09. The summed E-state index contributed by atoms with van der Waals surface area (Å²) in [7, 11) is 1.57. The summed E-state index contributed by atoms with van der Waals surface area (Å²) in [4.78, 5) is 12.2. The maximum atomic E-state index is 12.2. The van der Waals surface area contributed by atoms with Crippen LogP contribution in [0.25, 0.3) is 0 Å². The zero-order valence-electron chi connectivity index (χ0n) is 14.5. The maximum Gasteiger partial charge on any atom is 0.267 e. The van der Waals surface area contributed by atoms with Gasteiger partial charge >= 0.3 is 0 Å². The molecule has 0 unspecified atom stereocenters. The molecular formula is C20H21N3O2. The van der Waals surface area contributed by atoms with Crippen molar-refractivity contribution in [2.75, 3.05) is 17.7 Å². The van der Waals surface area contributed by atoms with E-state index in [4.69, 9.17) is 4.74 Å². The van der Waals surface area contributed by atoms with Gasteiger partial charge in [0.05, 0.1) is 7.11 Å². The predicted molar refractivity (Wildman–Crippen MR) is 99.5 cm³/mol. The van der Waals surface area contributed by atoms with Crippen LogP contribution in [-0.2, 0) is 4.79 Å². The van der Waals surface area contributed by atoms with Crippen LogP contribution in [0, 0.1) is 11.3 Å². The lowest BCUT2D eigenvalue weighted by molar-refractivity contribution is -0.112. The van der Waals surface area contributed by atoms with E-state index in [-0.39, 0.29) is 5.57 Å². The number of carbonyl (C=O) groups excluding carboxylic acids is 1. The van der Waals surface area contributed by atoms with Gasteiger partial charge in [0.25, 0.3) is 5.91 Å². The lowest BCUT2D eigenvalue weighted by Gasteiger charge is -2.08. The van der Waals surface area contributed by atoms with Crippen molar-refractivity contribution in [3.05, 3.63) is 65.9 Å². The minimum absolute atomic E-state index is 0.0104. The Labute approximate surface area is 147 Å². The van der Waals surface area contributed by atoms with E-state index in [9.17, 15) is 10.1 Å². The minimum atomic E-state index is -0.473. The molecule has 0 fully saturated rings. The van der Waals surface area contributed by atoms with Crippen LogP contribution in [0.2, 0.25) is 0 Å². The molecule has 0 heterocycles. The van der Waals surface area contributed by atoms with E-state index >= 15 is 0 Å². The second-order valence-electron chi connectivity index (χ2n) is 5.77. The highest BCUT2D eigenvalue weighted by molar-refractivity contribution is 6.06. The number of anilines is 2. The van der Waals surface area contributed by atoms with Crippen LogP contribution in [0.3, 0.4) is 0 Å². The van der Waals surface area contributed by atoms with Gasteiger partial charge in [0.2, 0.25) is 0 Å². The second-order valence-corrected chi connectivity index (χ2v) is 5.77. The number of nitrogens with zero attached hydrogens (tertiary/aromatic N) is 1. The molecule has 128 valence electrons. The molecule has 5 heteroatoms. The van der Waals surface area contributed by atoms with E-state index in [1.807, 2.05) is 30.3 Å². The first-order valence-corrected chi connectivity index (χ1v) is 7.95. The maximum absolute atomic E-state index is 12.2. The summed E-state index contributed by atoms with van der Waals surface area (Å²) in [5.74, 6) is 0.675. The van der Waals surface area contributed by atoms with Crippen LogP contribution in [0.15, 0.2) is 60.3 Å². The standard InChI is InChI=1S/C20H21N3O2/c1-14(2)15-4-6-17(7-5-15)22-13-16(12-21)20(24)23-18-8-10-19(25-3)11-9-18/h4-11,13-14,22H,1-3H3,(H,23,24)/b16-13-. The molecule has 0 aromatic heterocycles. The van der Waals surface area contributed by atoms with Crippen LogP contribution in [-0.4, -0.2) is 13.0 Å². The highest BCUT2D eigenvalue weighted by Crippen LogP contribution is 2.18. The van der Waals surface area contributed by atoms with Gasteiger partial charge in [-0.05, 0) is 47.9 Å². The number of hydrogen-bond acceptors (Lipinski definition) is 4. The van der Waals surface area contributed by atoms with E-state index in [1.165, 1.54) is 11.8 Å². The number of methoxy groups -OCH3 is 1. The van der Waals surface area contributed by atoms with Crippen molar-refractivity contribution >= 4 is 17.3 Å². The molecule has 0 aliphatic rings. The molecule has 0 aliphatic carbocycles. The minimum Gasteiger partial charge on any atom is -0.497 e. The van der Waals surface area contributed by atoms with Crippen molar-refractivity contribution in [3.8, 4) is 11.8 Å². The van der Waals surface area contributed by atoms with Crippen molar-refractivity contribution in [1.29, 1.82) is 5.26 Å². The van der Waals surface area contributed by atoms with E-state index in [1.54, 1.807) is 31.4 Å². The lowest BCUT2D eigenvalue weighted by atomic mass is 10.0. The highest BCUT2D eigenvalue weighted by atomic mass is 16.5. The molecule has 0 saturated heterocycles. The zero-order chi connectivity index (χ0) is 18.2. The quantitative estimate of drug-likeness (QED) is 0.610. The van der Waals surface area contributed by atoms with E-state index in [0.29, 0.717) is 17.4 Å². The third-order valence-electron chi connectivity index (χ3n) is 3.67. The van der Waals surface area contributed by atoms with Gasteiger partial charge in [0, 0.05) is 17.6 Å². The molecule has 0 atom stereocenters. The fourth-order valence-corrected chi connectivity index (χ4v) is 2.14. The van der Waals surface area contributed by atoms with Gasteiger partial charge in [-0.2, -0.15) is 5.26 Å². The Morgan fingerprint density at radius 1 is 1.08 bits per heavy atom. The number of benzene rings is 2. The number of rotatable bonds is 6. The molecule has 2 rings (SSSR count). The third kappa shape index (κ3) is 5.11. The Morgan fingerprint density at radius 3 is 2.20 bits per heavy atom. The molecule has 25 heavy (non-hydrogen) atoms. The number of nitrogens with one attached hydrogen (secondary N) is 2. The molecule has 0 spiro atoms. The summed E-state index contributed by atoms with van der Waals surface area (Å²) >= 11 is 0. The van der Waals surface area contributed by atoms with Crippen LogP contribution >= 0.6 is 0 Å². The number of ether oxygens (including phenoxy) is 1. The Kier molecular flexibility index (Phi) is 6.19. The summed E-state index contributed by atoms with van der Waals surface area (Å²) in [6.07, 6.45) is 1.41. The van der Waals surface area contributed by atoms with Gasteiger partial charge in [-0.3, -0.25) is 4.79 Å². The smallest absolute Gasteiger partial charge is 0.267 e. The summed E-state index contributed by atoms with van der Waals surface area (Å²) in [6.45, 7) is 4.25. The molecule has 0 aliphatic heterocycles. The topological polar surface area (TPSA) is 74.1 Å². The van der Waals surface area contributed by atoms with E-state index in [2.05, 4.69) is 24.5 Å². The van der Waals surface area contributed by atoms with Crippen molar-refractivity contribution < 1.29 is 9.53 Å². The van der Waals surface area contributed by atoms with Gasteiger partial charge in [-0.25, -0.2) is 0 Å². The van der Waals surface area contributed by atoms with Crippen molar-refractivity contribution in [3.63, 3.8) is 0 Å². The summed E-state index contributed by atoms with van der Waals surface area (Å²) in [6, 6.07) is 16.7. The average molecular weight is 335 g/mol. The third-order valence-corrected chi connectivity index (χ3v) is 3.67. The average Bonchev–Trinajstić information content (AvgIpc) is 2.63. The van der Waals surface area contributed by atoms with Gasteiger partial charge in [0.15, 0.2) is 0 Å². The molecule has 0 bridgehead atoms. The molecule has 2 N–H and O–H groups in total. The molecule has 5 nitrogen and oxygen atoms in total. The van der Waals surface area contributed by atoms with Crippen LogP contribution in [0.5, 0.6) is 5.75 Å². The molecule has 0 saturated carbocycles. The zero-order valence-corrected chi connectivity index (χ0v) is 14.5. The Hall–Kier alpha value is -3.26. The molecule has 2 aromatic rings. The van der Waals surface area contributed by atoms with Crippen LogP contribution in [0.4, 0.5) is 11.4 Å². The summed E-state index contributed by atoms with van der Waals surface area (Å²) in [5.41, 5.74) is 2.62. The van der Waals surface area contributed by atoms with Crippen molar-refractivity contribution in [1.82, 2.24) is 0 Å². The first-order valence-electron chi connectivity index (χ1n) is 7.95. The second kappa shape index (κ2) is 8.55. The SMILES string of the molecule is COc1ccc(NC(=O)/C(C#N)=C\Nc2ccc(C(C)C)cc2)cc1. The number of hydrogen-bond donors (Lipinski definition) is 2. The largest absolute Gasteiger partial charge is 0.497 e. The Morgan fingerprint density at radius 2 is 1.68 bits per heavy atom. The first kappa shape index (κ1) is 18.1. The normalized spacial score (nSPS) is 10.9. The Bertz CT molecular complexity index is 785. The number of amides is 1. The molecule has 1 amide bonds. The van der Waals surface area contributed by atoms with Crippen LogP contribution < -0.4 is 15.4 Å². The fraction of sp³-hybridized carbons (Fsp3) is 0.200. The molecule has 0 radical (unpaired) electrons. The Balaban J connectivity index is 2.03. The molecular weight excluding hydrogens is 314 g/mol. The van der Waals surface area contributed by atoms with E-state index < -0.39 is 5.91 Å². The fourth-order valence-electron chi connectivity index (χ4n) is 2.14. The van der Waals surface area contributed by atoms with E-state index in [0.717, 1.165) is 5.69 Å². The van der Waals surface area contributed by atoms with Crippen molar-refractivity contribution in [2.45, 2.75) is 19.8 Å². The van der Waals surface area contributed by atoms with Gasteiger partial charge in [-0.15, -0.1) is 0 Å². The first-order chi connectivity index (χ1) is 12.0. The number of nitriles is 1. The number of carbonyl (C=O) groups is 1. The lowest BCUT2D eigenvalue weighted by Crippen LogP contribution is -2.14. The predicted octanol–water partition coefficient (Wildman–Crippen LogP) is 4.28. The summed E-state index contributed by atoms with van der Waals surface area (Å²) < 4.78 is 5.07. The van der Waals surface area contributed by atoms with Crippen molar-refractivity contribution in [2.24, 2.45) is 0 Å².